The van der Waals surface area contributed by atoms with Crippen LogP contribution in [0.15, 0.2) is 42.7 Å². The zero-order valence-electron chi connectivity index (χ0n) is 14.0. The number of nitrogens with zero attached hydrogens (tertiary/aromatic N) is 1. The third-order valence-corrected chi connectivity index (χ3v) is 3.61. The number of methoxy groups -OCH3 is 1. The van der Waals surface area contributed by atoms with Gasteiger partial charge in [-0.25, -0.2) is 0 Å². The summed E-state index contributed by atoms with van der Waals surface area (Å²) in [6, 6.07) is 10.1. The quantitative estimate of drug-likeness (QED) is 0.674. The Morgan fingerprint density at radius 3 is 2.65 bits per heavy atom. The molecule has 124 valence electrons. The average molecular weight is 314 g/mol. The first-order chi connectivity index (χ1) is 11.3. The number of rotatable bonds is 10. The highest BCUT2D eigenvalue weighted by molar-refractivity contribution is 5.43. The summed E-state index contributed by atoms with van der Waals surface area (Å²) in [5.74, 6) is 1.61. The molecule has 2 aromatic rings. The number of benzene rings is 1. The summed E-state index contributed by atoms with van der Waals surface area (Å²) < 4.78 is 11.3. The third kappa shape index (κ3) is 5.91. The van der Waals surface area contributed by atoms with Crippen LogP contribution in [-0.2, 0) is 13.1 Å². The second-order valence-electron chi connectivity index (χ2n) is 5.51. The van der Waals surface area contributed by atoms with E-state index in [4.69, 9.17) is 9.47 Å². The number of hydrogen-bond acceptors (Lipinski definition) is 4. The summed E-state index contributed by atoms with van der Waals surface area (Å²) >= 11 is 0. The molecule has 0 atom stereocenters. The molecule has 4 nitrogen and oxygen atoms in total. The maximum Gasteiger partial charge on any atom is 0.161 e. The number of hydrogen-bond donors (Lipinski definition) is 1. The molecule has 0 radical (unpaired) electrons. The molecule has 1 N–H and O–H groups in total. The van der Waals surface area contributed by atoms with E-state index >= 15 is 0 Å². The van der Waals surface area contributed by atoms with E-state index in [0.29, 0.717) is 0 Å². The van der Waals surface area contributed by atoms with Crippen molar-refractivity contribution in [2.45, 2.75) is 39.3 Å². The Hall–Kier alpha value is -2.07. The van der Waals surface area contributed by atoms with Gasteiger partial charge in [0.2, 0.25) is 0 Å². The first-order valence-electron chi connectivity index (χ1n) is 8.22. The minimum atomic E-state index is 0.733. The van der Waals surface area contributed by atoms with Gasteiger partial charge in [-0.3, -0.25) is 4.98 Å². The van der Waals surface area contributed by atoms with Gasteiger partial charge in [0.1, 0.15) is 0 Å². The minimum absolute atomic E-state index is 0.733. The minimum Gasteiger partial charge on any atom is -0.493 e. The Bertz CT molecular complexity index is 573. The summed E-state index contributed by atoms with van der Waals surface area (Å²) in [6.45, 7) is 4.50. The topological polar surface area (TPSA) is 43.4 Å². The molecule has 2 rings (SSSR count). The van der Waals surface area contributed by atoms with Gasteiger partial charge in [-0.2, -0.15) is 0 Å². The van der Waals surface area contributed by atoms with Crippen LogP contribution in [0.5, 0.6) is 11.5 Å². The number of pyridine rings is 1. The van der Waals surface area contributed by atoms with Crippen LogP contribution in [0.2, 0.25) is 0 Å². The molecule has 0 fully saturated rings. The number of ether oxygens (including phenoxy) is 2. The van der Waals surface area contributed by atoms with Crippen LogP contribution in [0.25, 0.3) is 0 Å². The van der Waals surface area contributed by atoms with Gasteiger partial charge < -0.3 is 14.8 Å². The molecule has 4 heteroatoms. The number of nitrogens with one attached hydrogen (secondary N) is 1. The van der Waals surface area contributed by atoms with Gasteiger partial charge in [0, 0.05) is 25.5 Å². The lowest BCUT2D eigenvalue weighted by Crippen LogP contribution is -2.13. The van der Waals surface area contributed by atoms with Crippen LogP contribution in [0.3, 0.4) is 0 Å². The third-order valence-electron chi connectivity index (χ3n) is 3.61. The van der Waals surface area contributed by atoms with E-state index in [2.05, 4.69) is 35.4 Å². The van der Waals surface area contributed by atoms with Crippen molar-refractivity contribution in [3.05, 3.63) is 53.9 Å². The van der Waals surface area contributed by atoms with E-state index in [9.17, 15) is 0 Å². The second kappa shape index (κ2) is 9.85. The van der Waals surface area contributed by atoms with Crippen molar-refractivity contribution in [2.24, 2.45) is 0 Å². The fourth-order valence-electron chi connectivity index (χ4n) is 2.33. The van der Waals surface area contributed by atoms with Crippen molar-refractivity contribution in [3.8, 4) is 11.5 Å². The Morgan fingerprint density at radius 2 is 1.91 bits per heavy atom. The highest BCUT2D eigenvalue weighted by Gasteiger charge is 2.06. The lowest BCUT2D eigenvalue weighted by molar-refractivity contribution is 0.285. The molecule has 0 aliphatic heterocycles. The lowest BCUT2D eigenvalue weighted by atomic mass is 10.2. The first-order valence-corrected chi connectivity index (χ1v) is 8.22. The van der Waals surface area contributed by atoms with Crippen molar-refractivity contribution in [2.75, 3.05) is 13.7 Å². The molecule has 0 unspecified atom stereocenters. The molecule has 23 heavy (non-hydrogen) atoms. The van der Waals surface area contributed by atoms with Crippen LogP contribution in [0.4, 0.5) is 0 Å². The zero-order valence-corrected chi connectivity index (χ0v) is 14.0. The van der Waals surface area contributed by atoms with Gasteiger partial charge in [0.25, 0.3) is 0 Å². The standard InChI is InChI=1S/C19H26N2O2/c1-3-4-5-11-23-19-12-16(8-9-18(19)22-2)13-21-15-17-7-6-10-20-14-17/h6-10,12,14,21H,3-5,11,13,15H2,1-2H3. The molecule has 1 aromatic heterocycles. The van der Waals surface area contributed by atoms with Crippen LogP contribution < -0.4 is 14.8 Å². The zero-order chi connectivity index (χ0) is 16.3. The maximum absolute atomic E-state index is 5.87. The molecule has 1 heterocycles. The summed E-state index contributed by atoms with van der Waals surface area (Å²) in [5, 5.41) is 3.42. The molecule has 0 bridgehead atoms. The Balaban J connectivity index is 1.88. The Morgan fingerprint density at radius 1 is 1.04 bits per heavy atom. The van der Waals surface area contributed by atoms with E-state index in [-0.39, 0.29) is 0 Å². The van der Waals surface area contributed by atoms with Crippen molar-refractivity contribution in [3.63, 3.8) is 0 Å². The molecule has 1 aromatic carbocycles. The van der Waals surface area contributed by atoms with Crippen molar-refractivity contribution < 1.29 is 9.47 Å². The molecular weight excluding hydrogens is 288 g/mol. The molecule has 0 spiro atoms. The molecule has 0 saturated heterocycles. The van der Waals surface area contributed by atoms with Gasteiger partial charge in [-0.15, -0.1) is 0 Å². The van der Waals surface area contributed by atoms with Gasteiger partial charge >= 0.3 is 0 Å². The van der Waals surface area contributed by atoms with E-state index in [1.165, 1.54) is 24.0 Å². The number of unbranched alkanes of at least 4 members (excludes halogenated alkanes) is 2. The van der Waals surface area contributed by atoms with Crippen LogP contribution in [0.1, 0.15) is 37.3 Å². The van der Waals surface area contributed by atoms with Crippen LogP contribution in [-0.4, -0.2) is 18.7 Å². The van der Waals surface area contributed by atoms with Gasteiger partial charge in [0.05, 0.1) is 13.7 Å². The van der Waals surface area contributed by atoms with Gasteiger partial charge in [-0.1, -0.05) is 31.9 Å². The SMILES string of the molecule is CCCCCOc1cc(CNCc2cccnc2)ccc1OC. The van der Waals surface area contributed by atoms with Gasteiger partial charge in [-0.05, 0) is 35.7 Å². The van der Waals surface area contributed by atoms with Crippen molar-refractivity contribution in [1.82, 2.24) is 10.3 Å². The fraction of sp³-hybridized carbons (Fsp3) is 0.421. The van der Waals surface area contributed by atoms with E-state index in [0.717, 1.165) is 37.6 Å². The average Bonchev–Trinajstić information content (AvgIpc) is 2.60. The predicted octanol–water partition coefficient (Wildman–Crippen LogP) is 3.95. The fourth-order valence-corrected chi connectivity index (χ4v) is 2.33. The van der Waals surface area contributed by atoms with Crippen molar-refractivity contribution >= 4 is 0 Å². The maximum atomic E-state index is 5.87. The second-order valence-corrected chi connectivity index (χ2v) is 5.51. The summed E-state index contributed by atoms with van der Waals surface area (Å²) in [5.41, 5.74) is 2.36. The summed E-state index contributed by atoms with van der Waals surface area (Å²) in [4.78, 5) is 4.12. The molecule has 0 saturated carbocycles. The highest BCUT2D eigenvalue weighted by atomic mass is 16.5. The summed E-state index contributed by atoms with van der Waals surface area (Å²) in [7, 11) is 1.68. The van der Waals surface area contributed by atoms with Crippen molar-refractivity contribution in [1.29, 1.82) is 0 Å². The smallest absolute Gasteiger partial charge is 0.161 e. The molecule has 0 aliphatic rings. The molecule has 0 amide bonds. The first kappa shape index (κ1) is 17.3. The molecular formula is C19H26N2O2. The van der Waals surface area contributed by atoms with Gasteiger partial charge in [0.15, 0.2) is 11.5 Å². The normalized spacial score (nSPS) is 10.5. The molecule has 0 aliphatic carbocycles. The van der Waals surface area contributed by atoms with E-state index in [1.54, 1.807) is 13.3 Å². The largest absolute Gasteiger partial charge is 0.493 e. The highest BCUT2D eigenvalue weighted by Crippen LogP contribution is 2.28. The summed E-state index contributed by atoms with van der Waals surface area (Å²) in [6.07, 6.45) is 7.12. The Kier molecular flexibility index (Phi) is 7.40. The Labute approximate surface area is 138 Å². The lowest BCUT2D eigenvalue weighted by Gasteiger charge is -2.13. The van der Waals surface area contributed by atoms with E-state index in [1.807, 2.05) is 18.3 Å². The van der Waals surface area contributed by atoms with Crippen LogP contribution in [0, 0.1) is 0 Å². The van der Waals surface area contributed by atoms with E-state index < -0.39 is 0 Å². The monoisotopic (exact) mass is 314 g/mol. The number of aromatic nitrogens is 1. The predicted molar refractivity (Wildman–Crippen MR) is 92.8 cm³/mol. The van der Waals surface area contributed by atoms with Crippen LogP contribution >= 0.6 is 0 Å².